The van der Waals surface area contributed by atoms with Gasteiger partial charge in [-0.2, -0.15) is 4.31 Å². The molecule has 3 rings (SSSR count). The molecule has 2 heterocycles. The van der Waals surface area contributed by atoms with Crippen molar-refractivity contribution in [3.8, 4) is 0 Å². The Morgan fingerprint density at radius 1 is 1.33 bits per heavy atom. The average Bonchev–Trinajstić information content (AvgIpc) is 3.17. The maximum atomic E-state index is 13.0. The van der Waals surface area contributed by atoms with Gasteiger partial charge in [-0.15, -0.1) is 11.3 Å². The van der Waals surface area contributed by atoms with Gasteiger partial charge in [0.05, 0.1) is 10.8 Å². The lowest BCUT2D eigenvalue weighted by Crippen LogP contribution is -2.45. The van der Waals surface area contributed by atoms with Crippen molar-refractivity contribution in [3.05, 3.63) is 51.2 Å². The molecule has 0 bridgehead atoms. The molecule has 8 heteroatoms. The molecule has 2 aromatic rings. The van der Waals surface area contributed by atoms with Crippen molar-refractivity contribution in [3.63, 3.8) is 0 Å². The molecule has 1 unspecified atom stereocenters. The number of rotatable bonds is 6. The molecule has 5 nitrogen and oxygen atoms in total. The maximum Gasteiger partial charge on any atom is 0.243 e. The topological polar surface area (TPSA) is 66.5 Å². The molecule has 1 amide bonds. The number of thiophene rings is 1. The predicted octanol–water partition coefficient (Wildman–Crippen LogP) is 3.47. The van der Waals surface area contributed by atoms with E-state index < -0.39 is 10.0 Å². The number of hydrogen-bond acceptors (Lipinski definition) is 4. The number of amides is 1. The second-order valence-corrected chi connectivity index (χ2v) is 10.0. The van der Waals surface area contributed by atoms with Crippen molar-refractivity contribution >= 4 is 38.9 Å². The monoisotopic (exact) mass is 426 g/mol. The van der Waals surface area contributed by atoms with E-state index in [4.69, 9.17) is 11.6 Å². The Labute approximate surface area is 169 Å². The molecule has 1 N–H and O–H groups in total. The molecule has 0 spiro atoms. The summed E-state index contributed by atoms with van der Waals surface area (Å²) in [7, 11) is -3.67. The van der Waals surface area contributed by atoms with Crippen LogP contribution >= 0.6 is 22.9 Å². The van der Waals surface area contributed by atoms with Crippen molar-refractivity contribution in [2.45, 2.75) is 31.1 Å². The minimum atomic E-state index is -3.67. The highest BCUT2D eigenvalue weighted by molar-refractivity contribution is 7.89. The molecule has 0 aliphatic carbocycles. The number of carbonyl (C=O) groups excluding carboxylic acids is 1. The minimum Gasteiger partial charge on any atom is -0.355 e. The van der Waals surface area contributed by atoms with Gasteiger partial charge in [-0.1, -0.05) is 23.7 Å². The van der Waals surface area contributed by atoms with E-state index in [-0.39, 0.29) is 23.3 Å². The van der Waals surface area contributed by atoms with Gasteiger partial charge in [-0.05, 0) is 55.3 Å². The molecular weight excluding hydrogens is 404 g/mol. The number of hydrogen-bond donors (Lipinski definition) is 1. The first-order valence-corrected chi connectivity index (χ1v) is 11.6. The van der Waals surface area contributed by atoms with E-state index in [2.05, 4.69) is 5.32 Å². The minimum absolute atomic E-state index is 0.0747. The Morgan fingerprint density at radius 2 is 2.15 bits per heavy atom. The van der Waals surface area contributed by atoms with Crippen LogP contribution in [0.3, 0.4) is 0 Å². The van der Waals surface area contributed by atoms with Gasteiger partial charge in [-0.25, -0.2) is 8.42 Å². The number of carbonyl (C=O) groups is 1. The molecule has 0 saturated carbocycles. The zero-order valence-corrected chi connectivity index (χ0v) is 17.5. The molecule has 0 radical (unpaired) electrons. The van der Waals surface area contributed by atoms with Crippen LogP contribution in [0, 0.1) is 12.8 Å². The van der Waals surface area contributed by atoms with Gasteiger partial charge in [0.25, 0.3) is 0 Å². The predicted molar refractivity (Wildman–Crippen MR) is 109 cm³/mol. The summed E-state index contributed by atoms with van der Waals surface area (Å²) in [6, 6.07) is 8.92. The van der Waals surface area contributed by atoms with Crippen LogP contribution in [-0.4, -0.2) is 38.3 Å². The van der Waals surface area contributed by atoms with Gasteiger partial charge in [0.1, 0.15) is 0 Å². The van der Waals surface area contributed by atoms with E-state index in [1.807, 2.05) is 17.5 Å². The van der Waals surface area contributed by atoms with Crippen molar-refractivity contribution in [2.75, 3.05) is 19.6 Å². The molecule has 1 aromatic heterocycles. The van der Waals surface area contributed by atoms with Gasteiger partial charge < -0.3 is 5.32 Å². The summed E-state index contributed by atoms with van der Waals surface area (Å²) in [4.78, 5) is 13.9. The summed E-state index contributed by atoms with van der Waals surface area (Å²) in [6.07, 6.45) is 2.16. The van der Waals surface area contributed by atoms with E-state index in [0.717, 1.165) is 6.42 Å². The number of nitrogens with one attached hydrogen (secondary N) is 1. The summed E-state index contributed by atoms with van der Waals surface area (Å²) in [5.74, 6) is -0.398. The molecule has 1 aromatic carbocycles. The van der Waals surface area contributed by atoms with Gasteiger partial charge in [0.2, 0.25) is 15.9 Å². The Balaban J connectivity index is 1.64. The lowest BCUT2D eigenvalue weighted by molar-refractivity contribution is -0.126. The number of halogens is 1. The first-order chi connectivity index (χ1) is 12.9. The van der Waals surface area contributed by atoms with Crippen molar-refractivity contribution < 1.29 is 13.2 Å². The third-order valence-electron chi connectivity index (χ3n) is 4.84. The molecule has 1 aliphatic rings. The Hall–Kier alpha value is -1.41. The lowest BCUT2D eigenvalue weighted by atomic mass is 9.99. The molecule has 1 aliphatic heterocycles. The third-order valence-corrected chi connectivity index (χ3v) is 8.20. The van der Waals surface area contributed by atoms with Crippen LogP contribution in [-0.2, 0) is 21.2 Å². The Kier molecular flexibility index (Phi) is 6.57. The van der Waals surface area contributed by atoms with E-state index in [9.17, 15) is 13.2 Å². The average molecular weight is 427 g/mol. The van der Waals surface area contributed by atoms with E-state index in [1.165, 1.54) is 9.18 Å². The molecule has 1 saturated heterocycles. The van der Waals surface area contributed by atoms with Crippen LogP contribution in [0.4, 0.5) is 0 Å². The van der Waals surface area contributed by atoms with Crippen LogP contribution in [0.1, 0.15) is 23.3 Å². The van der Waals surface area contributed by atoms with Crippen LogP contribution in [0.2, 0.25) is 5.02 Å². The zero-order chi connectivity index (χ0) is 19.4. The first kappa shape index (κ1) is 20.3. The quantitative estimate of drug-likeness (QED) is 0.769. The van der Waals surface area contributed by atoms with Gasteiger partial charge >= 0.3 is 0 Å². The third kappa shape index (κ3) is 4.71. The standard InChI is InChI=1S/C19H23ClN2O3S2/c1-14-17(20)7-2-8-18(14)27(24,25)22-11-3-5-15(13-22)19(23)21-10-9-16-6-4-12-26-16/h2,4,6-8,12,15H,3,5,9-11,13H2,1H3,(H,21,23). The van der Waals surface area contributed by atoms with Gasteiger partial charge in [0, 0.05) is 29.5 Å². The number of piperidine rings is 1. The van der Waals surface area contributed by atoms with Crippen LogP contribution in [0.15, 0.2) is 40.6 Å². The fraction of sp³-hybridized carbons (Fsp3) is 0.421. The molecular formula is C19H23ClN2O3S2. The summed E-state index contributed by atoms with van der Waals surface area (Å²) in [5.41, 5.74) is 0.543. The summed E-state index contributed by atoms with van der Waals surface area (Å²) in [5, 5.41) is 5.39. The van der Waals surface area contributed by atoms with Crippen LogP contribution in [0.5, 0.6) is 0 Å². The van der Waals surface area contributed by atoms with Crippen molar-refractivity contribution in [1.82, 2.24) is 9.62 Å². The molecule has 27 heavy (non-hydrogen) atoms. The van der Waals surface area contributed by atoms with Gasteiger partial charge in [-0.3, -0.25) is 4.79 Å². The van der Waals surface area contributed by atoms with Crippen LogP contribution < -0.4 is 5.32 Å². The van der Waals surface area contributed by atoms with E-state index in [0.29, 0.717) is 36.5 Å². The van der Waals surface area contributed by atoms with Crippen molar-refractivity contribution in [2.24, 2.45) is 5.92 Å². The summed E-state index contributed by atoms with van der Waals surface area (Å²) < 4.78 is 27.5. The lowest BCUT2D eigenvalue weighted by Gasteiger charge is -2.31. The maximum absolute atomic E-state index is 13.0. The van der Waals surface area contributed by atoms with Gasteiger partial charge in [0.15, 0.2) is 0 Å². The second kappa shape index (κ2) is 8.73. The number of sulfonamides is 1. The Morgan fingerprint density at radius 3 is 2.89 bits per heavy atom. The first-order valence-electron chi connectivity index (χ1n) is 8.95. The largest absolute Gasteiger partial charge is 0.355 e. The number of nitrogens with zero attached hydrogens (tertiary/aromatic N) is 1. The van der Waals surface area contributed by atoms with Crippen molar-refractivity contribution in [1.29, 1.82) is 0 Å². The molecule has 1 fully saturated rings. The van der Waals surface area contributed by atoms with E-state index >= 15 is 0 Å². The zero-order valence-electron chi connectivity index (χ0n) is 15.2. The summed E-state index contributed by atoms with van der Waals surface area (Å²) in [6.45, 7) is 2.90. The van der Waals surface area contributed by atoms with Crippen LogP contribution in [0.25, 0.3) is 0 Å². The normalized spacial score (nSPS) is 18.4. The summed E-state index contributed by atoms with van der Waals surface area (Å²) >= 11 is 7.76. The number of benzene rings is 1. The fourth-order valence-corrected chi connectivity index (χ4v) is 6.00. The second-order valence-electron chi connectivity index (χ2n) is 6.69. The molecule has 1 atom stereocenters. The highest BCUT2D eigenvalue weighted by Gasteiger charge is 2.34. The molecule has 146 valence electrons. The Bertz CT molecular complexity index is 898. The highest BCUT2D eigenvalue weighted by atomic mass is 35.5. The SMILES string of the molecule is Cc1c(Cl)cccc1S(=O)(=O)N1CCCC(C(=O)NCCc2cccs2)C1. The smallest absolute Gasteiger partial charge is 0.243 e. The van der Waals surface area contributed by atoms with E-state index in [1.54, 1.807) is 36.5 Å². The highest BCUT2D eigenvalue weighted by Crippen LogP contribution is 2.28. The fourth-order valence-electron chi connectivity index (χ4n) is 3.29.